The largest absolute Gasteiger partial charge is 0.122 e. The van der Waals surface area contributed by atoms with E-state index in [1.807, 2.05) is 6.08 Å². The van der Waals surface area contributed by atoms with E-state index in [-0.39, 0.29) is 0 Å². The van der Waals surface area contributed by atoms with Gasteiger partial charge in [0.2, 0.25) is 0 Å². The number of alkyl halides is 1. The third-order valence-corrected chi connectivity index (χ3v) is 2.78. The van der Waals surface area contributed by atoms with Crippen LogP contribution in [0, 0.1) is 0 Å². The van der Waals surface area contributed by atoms with Gasteiger partial charge in [-0.2, -0.15) is 0 Å². The third-order valence-electron chi connectivity index (χ3n) is 1.41. The molecule has 4 heteroatoms. The average Bonchev–Trinajstić information content (AvgIpc) is 2.10. The predicted octanol–water partition coefficient (Wildman–Crippen LogP) is 4.90. The van der Waals surface area contributed by atoms with Crippen LogP contribution in [-0.4, -0.2) is 5.88 Å². The highest BCUT2D eigenvalue weighted by molar-refractivity contribution is 6.48. The molecule has 0 aliphatic rings. The molecule has 70 valence electrons. The fraction of sp³-hybridized carbons (Fsp3) is 0.111. The first kappa shape index (κ1) is 11.2. The van der Waals surface area contributed by atoms with Crippen LogP contribution >= 0.6 is 46.4 Å². The molecular formula is C9H6Cl4. The molecular weight excluding hydrogens is 250 g/mol. The fourth-order valence-corrected chi connectivity index (χ4v) is 1.55. The van der Waals surface area contributed by atoms with Crippen LogP contribution in [0.2, 0.25) is 15.1 Å². The fourth-order valence-electron chi connectivity index (χ4n) is 0.852. The summed E-state index contributed by atoms with van der Waals surface area (Å²) in [6.07, 6.45) is 3.64. The second kappa shape index (κ2) is 5.11. The van der Waals surface area contributed by atoms with Crippen LogP contribution < -0.4 is 0 Å². The molecule has 0 aliphatic carbocycles. The maximum Gasteiger partial charge on any atom is 0.0778 e. The number of rotatable bonds is 2. The Bertz CT molecular complexity index is 307. The molecule has 1 aromatic carbocycles. The van der Waals surface area contributed by atoms with Crippen molar-refractivity contribution in [3.63, 3.8) is 0 Å². The molecule has 0 heterocycles. The molecule has 13 heavy (non-hydrogen) atoms. The Hall–Kier alpha value is 0.120. The van der Waals surface area contributed by atoms with Crippen LogP contribution in [0.5, 0.6) is 0 Å². The highest BCUT2D eigenvalue weighted by Gasteiger charge is 2.03. The Balaban J connectivity index is 3.06. The first-order chi connectivity index (χ1) is 6.15. The molecule has 1 aromatic rings. The molecule has 0 atom stereocenters. The number of hydrogen-bond donors (Lipinski definition) is 0. The zero-order valence-electron chi connectivity index (χ0n) is 6.53. The lowest BCUT2D eigenvalue weighted by atomic mass is 10.2. The van der Waals surface area contributed by atoms with Crippen LogP contribution in [-0.2, 0) is 0 Å². The van der Waals surface area contributed by atoms with Gasteiger partial charge in [0.15, 0.2) is 0 Å². The molecule has 0 N–H and O–H groups in total. The average molecular weight is 256 g/mol. The molecule has 0 radical (unpaired) electrons. The molecule has 0 nitrogen and oxygen atoms in total. The van der Waals surface area contributed by atoms with Crippen molar-refractivity contribution in [1.29, 1.82) is 0 Å². The predicted molar refractivity (Wildman–Crippen MR) is 61.2 cm³/mol. The number of benzene rings is 1. The third kappa shape index (κ3) is 3.07. The minimum Gasteiger partial charge on any atom is -0.122 e. The zero-order valence-corrected chi connectivity index (χ0v) is 9.55. The van der Waals surface area contributed by atoms with E-state index in [9.17, 15) is 0 Å². The molecule has 1 rings (SSSR count). The number of halogens is 4. The van der Waals surface area contributed by atoms with Crippen molar-refractivity contribution < 1.29 is 0 Å². The lowest BCUT2D eigenvalue weighted by Crippen LogP contribution is -1.76. The maximum absolute atomic E-state index is 5.81. The summed E-state index contributed by atoms with van der Waals surface area (Å²) in [5.74, 6) is 0.456. The van der Waals surface area contributed by atoms with E-state index in [1.165, 1.54) is 0 Å². The normalized spacial score (nSPS) is 11.1. The molecule has 0 aliphatic heterocycles. The van der Waals surface area contributed by atoms with E-state index in [1.54, 1.807) is 18.2 Å². The first-order valence-electron chi connectivity index (χ1n) is 3.52. The van der Waals surface area contributed by atoms with Crippen LogP contribution in [0.4, 0.5) is 0 Å². The van der Waals surface area contributed by atoms with Crippen LogP contribution in [0.1, 0.15) is 5.56 Å². The van der Waals surface area contributed by atoms with E-state index in [2.05, 4.69) is 0 Å². The highest BCUT2D eigenvalue weighted by Crippen LogP contribution is 2.31. The van der Waals surface area contributed by atoms with Crippen LogP contribution in [0.3, 0.4) is 0 Å². The Morgan fingerprint density at radius 1 is 1.08 bits per heavy atom. The number of hydrogen-bond acceptors (Lipinski definition) is 0. The van der Waals surface area contributed by atoms with Gasteiger partial charge in [-0.1, -0.05) is 47.0 Å². The van der Waals surface area contributed by atoms with Gasteiger partial charge in [0.05, 0.1) is 15.1 Å². The summed E-state index contributed by atoms with van der Waals surface area (Å²) in [5, 5.41) is 1.28. The maximum atomic E-state index is 5.81. The van der Waals surface area contributed by atoms with Crippen LogP contribution in [0.15, 0.2) is 18.2 Å². The monoisotopic (exact) mass is 254 g/mol. The lowest BCUT2D eigenvalue weighted by Gasteiger charge is -2.00. The van der Waals surface area contributed by atoms with E-state index in [0.717, 1.165) is 5.56 Å². The minimum absolute atomic E-state index is 0.381. The van der Waals surface area contributed by atoms with E-state index in [4.69, 9.17) is 46.4 Å². The van der Waals surface area contributed by atoms with Crippen molar-refractivity contribution in [2.75, 3.05) is 5.88 Å². The van der Waals surface area contributed by atoms with Crippen molar-refractivity contribution in [3.05, 3.63) is 38.8 Å². The second-order valence-corrected chi connectivity index (χ2v) is 3.86. The van der Waals surface area contributed by atoms with Gasteiger partial charge in [-0.25, -0.2) is 0 Å². The van der Waals surface area contributed by atoms with Crippen LogP contribution in [0.25, 0.3) is 6.08 Å². The Labute approximate surface area is 97.0 Å². The summed E-state index contributed by atoms with van der Waals surface area (Å²) < 4.78 is 0. The Kier molecular flexibility index (Phi) is 4.40. The smallest absolute Gasteiger partial charge is 0.0778 e. The molecule has 0 aromatic heterocycles. The molecule has 0 unspecified atom stereocenters. The molecule has 0 saturated heterocycles. The van der Waals surface area contributed by atoms with Crippen molar-refractivity contribution in [2.45, 2.75) is 0 Å². The minimum atomic E-state index is 0.381. The standard InChI is InChI=1S/C9H6Cl4/c10-3-1-2-6-4-7(11)9(13)8(12)5-6/h1-2,4-5H,3H2. The van der Waals surface area contributed by atoms with Gasteiger partial charge in [-0.05, 0) is 17.7 Å². The topological polar surface area (TPSA) is 0 Å². The van der Waals surface area contributed by atoms with Gasteiger partial charge in [0.1, 0.15) is 0 Å². The summed E-state index contributed by atoms with van der Waals surface area (Å²) >= 11 is 22.9. The summed E-state index contributed by atoms with van der Waals surface area (Å²) in [4.78, 5) is 0. The molecule has 0 saturated carbocycles. The lowest BCUT2D eigenvalue weighted by molar-refractivity contribution is 1.64. The summed E-state index contributed by atoms with van der Waals surface area (Å²) in [6, 6.07) is 3.47. The van der Waals surface area contributed by atoms with Gasteiger partial charge < -0.3 is 0 Å². The molecule has 0 fully saturated rings. The Morgan fingerprint density at radius 3 is 2.08 bits per heavy atom. The summed E-state index contributed by atoms with van der Waals surface area (Å²) in [7, 11) is 0. The van der Waals surface area contributed by atoms with Gasteiger partial charge in [0, 0.05) is 5.88 Å². The van der Waals surface area contributed by atoms with E-state index >= 15 is 0 Å². The van der Waals surface area contributed by atoms with Crippen molar-refractivity contribution in [2.24, 2.45) is 0 Å². The van der Waals surface area contributed by atoms with Gasteiger partial charge in [0.25, 0.3) is 0 Å². The van der Waals surface area contributed by atoms with Gasteiger partial charge in [-0.3, -0.25) is 0 Å². The molecule has 0 bridgehead atoms. The molecule has 0 amide bonds. The first-order valence-corrected chi connectivity index (χ1v) is 5.19. The number of allylic oxidation sites excluding steroid dienone is 1. The highest BCUT2D eigenvalue weighted by atomic mass is 35.5. The van der Waals surface area contributed by atoms with Crippen molar-refractivity contribution >= 4 is 52.5 Å². The van der Waals surface area contributed by atoms with E-state index < -0.39 is 0 Å². The Morgan fingerprint density at radius 2 is 1.62 bits per heavy atom. The van der Waals surface area contributed by atoms with E-state index in [0.29, 0.717) is 20.9 Å². The van der Waals surface area contributed by atoms with Crippen molar-refractivity contribution in [1.82, 2.24) is 0 Å². The van der Waals surface area contributed by atoms with Crippen molar-refractivity contribution in [3.8, 4) is 0 Å². The zero-order chi connectivity index (χ0) is 9.84. The van der Waals surface area contributed by atoms with Gasteiger partial charge >= 0.3 is 0 Å². The van der Waals surface area contributed by atoms with Gasteiger partial charge in [-0.15, -0.1) is 11.6 Å². The summed E-state index contributed by atoms with van der Waals surface area (Å²) in [6.45, 7) is 0. The quantitative estimate of drug-likeness (QED) is 0.521. The SMILES string of the molecule is ClCC=Cc1cc(Cl)c(Cl)c(Cl)c1. The second-order valence-electron chi connectivity index (χ2n) is 2.36. The molecule has 0 spiro atoms. The summed E-state index contributed by atoms with van der Waals surface area (Å²) in [5.41, 5.74) is 0.889.